The monoisotopic (exact) mass is 361 g/mol. The fourth-order valence-corrected chi connectivity index (χ4v) is 3.39. The molecular weight excluding hydrogens is 346 g/mol. The van der Waals surface area contributed by atoms with Crippen LogP contribution in [0.3, 0.4) is 0 Å². The third kappa shape index (κ3) is 3.30. The van der Waals surface area contributed by atoms with Gasteiger partial charge in [-0.25, -0.2) is 4.98 Å². The molecule has 5 heteroatoms. The molecule has 0 radical (unpaired) electrons. The molecule has 0 amide bonds. The Morgan fingerprint density at radius 1 is 1.15 bits per heavy atom. The van der Waals surface area contributed by atoms with Crippen LogP contribution in [0.25, 0.3) is 27.6 Å². The summed E-state index contributed by atoms with van der Waals surface area (Å²) in [4.78, 5) is 16.9. The van der Waals surface area contributed by atoms with Crippen LogP contribution in [0.2, 0.25) is 0 Å². The second-order valence-electron chi connectivity index (χ2n) is 5.68. The molecule has 26 heavy (non-hydrogen) atoms. The number of benzene rings is 2. The van der Waals surface area contributed by atoms with Gasteiger partial charge in [0, 0.05) is 10.9 Å². The van der Waals surface area contributed by atoms with Gasteiger partial charge >= 0.3 is 0 Å². The predicted octanol–water partition coefficient (Wildman–Crippen LogP) is 5.46. The van der Waals surface area contributed by atoms with Gasteiger partial charge in [-0.3, -0.25) is 4.79 Å². The Bertz CT molecular complexity index is 1090. The van der Waals surface area contributed by atoms with Gasteiger partial charge < -0.3 is 9.15 Å². The summed E-state index contributed by atoms with van der Waals surface area (Å²) in [6.45, 7) is 0. The first-order valence-corrected chi connectivity index (χ1v) is 8.90. The van der Waals surface area contributed by atoms with Crippen molar-refractivity contribution in [2.24, 2.45) is 0 Å². The van der Waals surface area contributed by atoms with Gasteiger partial charge in [0.15, 0.2) is 16.6 Å². The van der Waals surface area contributed by atoms with Crippen molar-refractivity contribution < 1.29 is 13.9 Å². The van der Waals surface area contributed by atoms with Crippen LogP contribution < -0.4 is 4.74 Å². The van der Waals surface area contributed by atoms with Crippen molar-refractivity contribution in [2.75, 3.05) is 7.11 Å². The Balaban J connectivity index is 1.54. The van der Waals surface area contributed by atoms with Crippen molar-refractivity contribution in [3.8, 4) is 16.5 Å². The number of hydrogen-bond donors (Lipinski definition) is 0. The smallest absolute Gasteiger partial charge is 0.185 e. The molecule has 0 aliphatic rings. The third-order valence-corrected chi connectivity index (χ3v) is 4.87. The van der Waals surface area contributed by atoms with Crippen molar-refractivity contribution in [2.45, 2.75) is 0 Å². The number of allylic oxidation sites excluding steroid dienone is 1. The van der Waals surface area contributed by atoms with E-state index < -0.39 is 0 Å². The molecule has 4 rings (SSSR count). The second-order valence-corrected chi connectivity index (χ2v) is 6.54. The molecule has 0 aliphatic heterocycles. The molecule has 0 saturated carbocycles. The highest BCUT2D eigenvalue weighted by Crippen LogP contribution is 2.25. The average molecular weight is 361 g/mol. The summed E-state index contributed by atoms with van der Waals surface area (Å²) < 4.78 is 10.6. The van der Waals surface area contributed by atoms with Gasteiger partial charge in [0.25, 0.3) is 0 Å². The molecule has 0 atom stereocenters. The molecule has 0 N–H and O–H groups in total. The van der Waals surface area contributed by atoms with Gasteiger partial charge in [-0.05, 0) is 53.3 Å². The predicted molar refractivity (Wildman–Crippen MR) is 104 cm³/mol. The van der Waals surface area contributed by atoms with Crippen LogP contribution >= 0.6 is 11.3 Å². The number of hydrogen-bond acceptors (Lipinski definition) is 5. The van der Waals surface area contributed by atoms with E-state index in [1.54, 1.807) is 25.5 Å². The number of nitrogens with zero attached hydrogens (tertiary/aromatic N) is 1. The highest BCUT2D eigenvalue weighted by molar-refractivity contribution is 7.13. The van der Waals surface area contributed by atoms with E-state index in [0.29, 0.717) is 5.56 Å². The zero-order chi connectivity index (χ0) is 17.9. The summed E-state index contributed by atoms with van der Waals surface area (Å²) in [5.74, 6) is 1.47. The molecule has 0 spiro atoms. The minimum absolute atomic E-state index is 0.0599. The van der Waals surface area contributed by atoms with E-state index in [4.69, 9.17) is 9.15 Å². The Morgan fingerprint density at radius 3 is 2.81 bits per heavy atom. The van der Waals surface area contributed by atoms with E-state index in [1.807, 2.05) is 53.9 Å². The minimum atomic E-state index is -0.0599. The SMILES string of the molecule is COc1ccc2cc(C(=O)C=Cc3csc(-c4ccco4)n3)ccc2c1. The summed E-state index contributed by atoms with van der Waals surface area (Å²) in [5, 5.41) is 4.72. The first kappa shape index (κ1) is 16.3. The summed E-state index contributed by atoms with van der Waals surface area (Å²) >= 11 is 1.48. The Hall–Kier alpha value is -3.18. The van der Waals surface area contributed by atoms with E-state index in [0.717, 1.165) is 33.0 Å². The first-order chi connectivity index (χ1) is 12.7. The molecule has 2 aromatic carbocycles. The maximum absolute atomic E-state index is 12.5. The summed E-state index contributed by atoms with van der Waals surface area (Å²) in [6, 6.07) is 15.1. The highest BCUT2D eigenvalue weighted by atomic mass is 32.1. The van der Waals surface area contributed by atoms with E-state index >= 15 is 0 Å². The molecule has 0 aliphatic carbocycles. The van der Waals surface area contributed by atoms with Crippen molar-refractivity contribution in [1.29, 1.82) is 0 Å². The maximum Gasteiger partial charge on any atom is 0.185 e. The molecule has 0 saturated heterocycles. The molecule has 2 aromatic heterocycles. The number of ether oxygens (including phenoxy) is 1. The van der Waals surface area contributed by atoms with Crippen LogP contribution in [0, 0.1) is 0 Å². The molecular formula is C21H15NO3S. The maximum atomic E-state index is 12.5. The van der Waals surface area contributed by atoms with Crippen molar-refractivity contribution in [1.82, 2.24) is 4.98 Å². The quantitative estimate of drug-likeness (QED) is 0.350. The molecule has 0 unspecified atom stereocenters. The summed E-state index contributed by atoms with van der Waals surface area (Å²) in [6.07, 6.45) is 4.89. The number of methoxy groups -OCH3 is 1. The lowest BCUT2D eigenvalue weighted by Gasteiger charge is -2.04. The lowest BCUT2D eigenvalue weighted by atomic mass is 10.0. The minimum Gasteiger partial charge on any atom is -0.497 e. The molecule has 4 aromatic rings. The average Bonchev–Trinajstić information content (AvgIpc) is 3.36. The van der Waals surface area contributed by atoms with Crippen LogP contribution in [0.15, 0.2) is 70.7 Å². The fraction of sp³-hybridized carbons (Fsp3) is 0.0476. The zero-order valence-electron chi connectivity index (χ0n) is 14.0. The normalized spacial score (nSPS) is 11.3. The molecule has 0 fully saturated rings. The summed E-state index contributed by atoms with van der Waals surface area (Å²) in [5.41, 5.74) is 1.38. The number of aromatic nitrogens is 1. The van der Waals surface area contributed by atoms with Crippen LogP contribution in [-0.4, -0.2) is 17.9 Å². The van der Waals surface area contributed by atoms with Gasteiger partial charge in [-0.2, -0.15) is 0 Å². The third-order valence-electron chi connectivity index (χ3n) is 3.99. The Kier molecular flexibility index (Phi) is 4.37. The van der Waals surface area contributed by atoms with E-state index in [1.165, 1.54) is 11.3 Å². The molecule has 0 bridgehead atoms. The van der Waals surface area contributed by atoms with Crippen molar-refractivity contribution in [3.05, 3.63) is 77.5 Å². The molecule has 128 valence electrons. The fourth-order valence-electron chi connectivity index (χ4n) is 2.64. The van der Waals surface area contributed by atoms with Crippen LogP contribution in [0.5, 0.6) is 5.75 Å². The van der Waals surface area contributed by atoms with Gasteiger partial charge in [-0.15, -0.1) is 11.3 Å². The van der Waals surface area contributed by atoms with Crippen LogP contribution in [-0.2, 0) is 0 Å². The van der Waals surface area contributed by atoms with E-state index in [2.05, 4.69) is 4.98 Å². The standard InChI is InChI=1S/C21H15NO3S/c1-24-18-8-6-14-11-16(5-4-15(14)12-18)19(23)9-7-17-13-26-21(22-17)20-3-2-10-25-20/h2-13H,1H3. The van der Waals surface area contributed by atoms with Crippen molar-refractivity contribution >= 4 is 34.0 Å². The summed E-state index contributed by atoms with van der Waals surface area (Å²) in [7, 11) is 1.64. The molecule has 4 nitrogen and oxygen atoms in total. The zero-order valence-corrected chi connectivity index (χ0v) is 14.8. The van der Waals surface area contributed by atoms with E-state index in [9.17, 15) is 4.79 Å². The molecule has 2 heterocycles. The lowest BCUT2D eigenvalue weighted by Crippen LogP contribution is -1.94. The lowest BCUT2D eigenvalue weighted by molar-refractivity contribution is 0.104. The number of carbonyl (C=O) groups excluding carboxylic acids is 1. The number of thiazole rings is 1. The highest BCUT2D eigenvalue weighted by Gasteiger charge is 2.07. The number of rotatable bonds is 5. The number of carbonyl (C=O) groups is 1. The Morgan fingerprint density at radius 2 is 2.00 bits per heavy atom. The van der Waals surface area contributed by atoms with Gasteiger partial charge in [0.05, 0.1) is 19.1 Å². The Labute approximate surface area is 154 Å². The topological polar surface area (TPSA) is 52.3 Å². The first-order valence-electron chi connectivity index (χ1n) is 8.02. The number of ketones is 1. The van der Waals surface area contributed by atoms with Crippen molar-refractivity contribution in [3.63, 3.8) is 0 Å². The number of fused-ring (bicyclic) bond motifs is 1. The van der Waals surface area contributed by atoms with Crippen LogP contribution in [0.1, 0.15) is 16.1 Å². The van der Waals surface area contributed by atoms with Gasteiger partial charge in [0.1, 0.15) is 5.75 Å². The largest absolute Gasteiger partial charge is 0.497 e. The second kappa shape index (κ2) is 6.98. The van der Waals surface area contributed by atoms with Gasteiger partial charge in [0.2, 0.25) is 0 Å². The van der Waals surface area contributed by atoms with E-state index in [-0.39, 0.29) is 5.78 Å². The van der Waals surface area contributed by atoms with Crippen LogP contribution in [0.4, 0.5) is 0 Å². The van der Waals surface area contributed by atoms with Gasteiger partial charge in [-0.1, -0.05) is 18.2 Å². The number of furan rings is 1.